The van der Waals surface area contributed by atoms with E-state index in [4.69, 9.17) is 5.11 Å². The van der Waals surface area contributed by atoms with Gasteiger partial charge < -0.3 is 10.4 Å². The molecule has 0 aliphatic rings. The van der Waals surface area contributed by atoms with Crippen LogP contribution in [0.1, 0.15) is 40.0 Å². The molecule has 0 amide bonds. The summed E-state index contributed by atoms with van der Waals surface area (Å²) in [4.78, 5) is 0. The molecule has 0 heterocycles. The summed E-state index contributed by atoms with van der Waals surface area (Å²) in [5.74, 6) is 0. The molecular formula is C9H21NO. The molecule has 0 bridgehead atoms. The maximum atomic E-state index is 8.95. The van der Waals surface area contributed by atoms with Crippen LogP contribution in [0.2, 0.25) is 0 Å². The van der Waals surface area contributed by atoms with Crippen LogP contribution in [-0.4, -0.2) is 23.8 Å². The minimum Gasteiger partial charge on any atom is -0.393 e. The van der Waals surface area contributed by atoms with Crippen LogP contribution in [0.25, 0.3) is 0 Å². The molecule has 2 heteroatoms. The highest BCUT2D eigenvalue weighted by Crippen LogP contribution is 1.95. The summed E-state index contributed by atoms with van der Waals surface area (Å²) in [6, 6.07) is 0.615. The van der Waals surface area contributed by atoms with Gasteiger partial charge in [0.05, 0.1) is 6.10 Å². The van der Waals surface area contributed by atoms with Crippen molar-refractivity contribution in [2.24, 2.45) is 0 Å². The molecule has 2 nitrogen and oxygen atoms in total. The summed E-state index contributed by atoms with van der Waals surface area (Å²) in [5.41, 5.74) is 0. The van der Waals surface area contributed by atoms with E-state index in [0.29, 0.717) is 6.04 Å². The number of nitrogens with one attached hydrogen (secondary N) is 1. The van der Waals surface area contributed by atoms with Gasteiger partial charge in [0.25, 0.3) is 0 Å². The van der Waals surface area contributed by atoms with Crippen molar-refractivity contribution in [1.82, 2.24) is 5.32 Å². The van der Waals surface area contributed by atoms with Gasteiger partial charge in [0.15, 0.2) is 0 Å². The number of hydrogen-bond donors (Lipinski definition) is 2. The van der Waals surface area contributed by atoms with E-state index in [-0.39, 0.29) is 6.10 Å². The van der Waals surface area contributed by atoms with Gasteiger partial charge in [0.2, 0.25) is 0 Å². The highest BCUT2D eigenvalue weighted by atomic mass is 16.3. The summed E-state index contributed by atoms with van der Waals surface area (Å²) >= 11 is 0. The molecular weight excluding hydrogens is 138 g/mol. The van der Waals surface area contributed by atoms with Gasteiger partial charge in [0, 0.05) is 6.04 Å². The Kier molecular flexibility index (Phi) is 6.57. The van der Waals surface area contributed by atoms with Crippen molar-refractivity contribution in [2.45, 2.75) is 52.2 Å². The van der Waals surface area contributed by atoms with Crippen LogP contribution < -0.4 is 5.32 Å². The molecule has 0 aliphatic heterocycles. The molecule has 2 unspecified atom stereocenters. The average Bonchev–Trinajstić information content (AvgIpc) is 1.97. The van der Waals surface area contributed by atoms with Crippen molar-refractivity contribution >= 4 is 0 Å². The third-order valence-electron chi connectivity index (χ3n) is 1.90. The molecule has 0 fully saturated rings. The van der Waals surface area contributed by atoms with Crippen LogP contribution in [0, 0.1) is 0 Å². The molecule has 0 saturated heterocycles. The summed E-state index contributed by atoms with van der Waals surface area (Å²) in [7, 11) is 0. The summed E-state index contributed by atoms with van der Waals surface area (Å²) in [5, 5.41) is 12.3. The summed E-state index contributed by atoms with van der Waals surface area (Å²) in [6.45, 7) is 7.22. The SMILES string of the molecule is CCC(C)NCCCC(C)O. The first-order valence-electron chi connectivity index (χ1n) is 4.58. The fourth-order valence-electron chi connectivity index (χ4n) is 0.890. The standard InChI is InChI=1S/C9H21NO/c1-4-8(2)10-7-5-6-9(3)11/h8-11H,4-7H2,1-3H3. The smallest absolute Gasteiger partial charge is 0.0512 e. The zero-order valence-electron chi connectivity index (χ0n) is 7.93. The van der Waals surface area contributed by atoms with E-state index in [1.807, 2.05) is 6.92 Å². The molecule has 11 heavy (non-hydrogen) atoms. The van der Waals surface area contributed by atoms with Crippen molar-refractivity contribution in [3.05, 3.63) is 0 Å². The molecule has 0 aromatic rings. The molecule has 68 valence electrons. The van der Waals surface area contributed by atoms with Gasteiger partial charge >= 0.3 is 0 Å². The van der Waals surface area contributed by atoms with Crippen LogP contribution >= 0.6 is 0 Å². The monoisotopic (exact) mass is 159 g/mol. The Morgan fingerprint density at radius 1 is 1.36 bits per heavy atom. The molecule has 0 spiro atoms. The second-order valence-corrected chi connectivity index (χ2v) is 3.25. The largest absolute Gasteiger partial charge is 0.393 e. The Morgan fingerprint density at radius 3 is 2.45 bits per heavy atom. The van der Waals surface area contributed by atoms with Crippen molar-refractivity contribution in [3.63, 3.8) is 0 Å². The summed E-state index contributed by atoms with van der Waals surface area (Å²) < 4.78 is 0. The molecule has 2 N–H and O–H groups in total. The second kappa shape index (κ2) is 6.62. The Bertz CT molecular complexity index is 83.6. The lowest BCUT2D eigenvalue weighted by molar-refractivity contribution is 0.181. The molecule has 2 atom stereocenters. The Hall–Kier alpha value is -0.0800. The van der Waals surface area contributed by atoms with E-state index in [9.17, 15) is 0 Å². The maximum absolute atomic E-state index is 8.95. The van der Waals surface area contributed by atoms with E-state index in [2.05, 4.69) is 19.2 Å². The Balaban J connectivity index is 3.01. The van der Waals surface area contributed by atoms with Crippen molar-refractivity contribution in [3.8, 4) is 0 Å². The Labute approximate surface area is 70.0 Å². The van der Waals surface area contributed by atoms with Gasteiger partial charge in [-0.1, -0.05) is 6.92 Å². The zero-order valence-corrected chi connectivity index (χ0v) is 7.93. The van der Waals surface area contributed by atoms with Crippen LogP contribution in [-0.2, 0) is 0 Å². The van der Waals surface area contributed by atoms with Crippen molar-refractivity contribution < 1.29 is 5.11 Å². The van der Waals surface area contributed by atoms with Gasteiger partial charge in [0.1, 0.15) is 0 Å². The lowest BCUT2D eigenvalue weighted by Gasteiger charge is -2.11. The third-order valence-corrected chi connectivity index (χ3v) is 1.90. The topological polar surface area (TPSA) is 32.3 Å². The first kappa shape index (κ1) is 10.9. The van der Waals surface area contributed by atoms with Crippen molar-refractivity contribution in [2.75, 3.05) is 6.54 Å². The minimum atomic E-state index is -0.145. The van der Waals surface area contributed by atoms with E-state index < -0.39 is 0 Å². The van der Waals surface area contributed by atoms with Crippen LogP contribution in [0.4, 0.5) is 0 Å². The van der Waals surface area contributed by atoms with E-state index in [1.54, 1.807) is 0 Å². The van der Waals surface area contributed by atoms with E-state index in [1.165, 1.54) is 6.42 Å². The van der Waals surface area contributed by atoms with E-state index >= 15 is 0 Å². The predicted octanol–water partition coefficient (Wildman–Crippen LogP) is 1.54. The van der Waals surface area contributed by atoms with Crippen LogP contribution in [0.15, 0.2) is 0 Å². The predicted molar refractivity (Wildman–Crippen MR) is 48.7 cm³/mol. The van der Waals surface area contributed by atoms with Gasteiger partial charge in [-0.3, -0.25) is 0 Å². The number of aliphatic hydroxyl groups is 1. The fourth-order valence-corrected chi connectivity index (χ4v) is 0.890. The zero-order chi connectivity index (χ0) is 8.69. The first-order chi connectivity index (χ1) is 5.16. The van der Waals surface area contributed by atoms with Crippen molar-refractivity contribution in [1.29, 1.82) is 0 Å². The molecule has 0 aromatic heterocycles. The lowest BCUT2D eigenvalue weighted by Crippen LogP contribution is -2.26. The Morgan fingerprint density at radius 2 is 2.00 bits per heavy atom. The molecule has 0 aromatic carbocycles. The van der Waals surface area contributed by atoms with Gasteiger partial charge in [-0.25, -0.2) is 0 Å². The maximum Gasteiger partial charge on any atom is 0.0512 e. The molecule has 0 rings (SSSR count). The van der Waals surface area contributed by atoms with Gasteiger partial charge in [-0.05, 0) is 39.7 Å². The van der Waals surface area contributed by atoms with Crippen LogP contribution in [0.5, 0.6) is 0 Å². The summed E-state index contributed by atoms with van der Waals surface area (Å²) in [6.07, 6.45) is 3.01. The van der Waals surface area contributed by atoms with Crippen LogP contribution in [0.3, 0.4) is 0 Å². The second-order valence-electron chi connectivity index (χ2n) is 3.25. The number of hydrogen-bond acceptors (Lipinski definition) is 2. The van der Waals surface area contributed by atoms with Gasteiger partial charge in [-0.2, -0.15) is 0 Å². The fraction of sp³-hybridized carbons (Fsp3) is 1.00. The normalized spacial score (nSPS) is 16.4. The number of rotatable bonds is 6. The highest BCUT2D eigenvalue weighted by Gasteiger charge is 1.97. The molecule has 0 aliphatic carbocycles. The average molecular weight is 159 g/mol. The molecule has 0 saturated carbocycles. The minimum absolute atomic E-state index is 0.145. The lowest BCUT2D eigenvalue weighted by atomic mass is 10.2. The molecule has 0 radical (unpaired) electrons. The number of aliphatic hydroxyl groups excluding tert-OH is 1. The third kappa shape index (κ3) is 7.82. The highest BCUT2D eigenvalue weighted by molar-refractivity contribution is 4.58. The first-order valence-corrected chi connectivity index (χ1v) is 4.58. The van der Waals surface area contributed by atoms with Gasteiger partial charge in [-0.15, -0.1) is 0 Å². The quantitative estimate of drug-likeness (QED) is 0.576. The van der Waals surface area contributed by atoms with E-state index in [0.717, 1.165) is 19.4 Å².